The fraction of sp³-hybridized carbons (Fsp3) is 0.176. The van der Waals surface area contributed by atoms with Gasteiger partial charge >= 0.3 is 0 Å². The summed E-state index contributed by atoms with van der Waals surface area (Å²) in [6.07, 6.45) is 1.44. The van der Waals surface area contributed by atoms with Crippen molar-refractivity contribution in [1.29, 1.82) is 0 Å². The van der Waals surface area contributed by atoms with Gasteiger partial charge in [-0.2, -0.15) is 0 Å². The van der Waals surface area contributed by atoms with Crippen LogP contribution in [0.25, 0.3) is 0 Å². The van der Waals surface area contributed by atoms with Gasteiger partial charge in [-0.1, -0.05) is 23.8 Å². The van der Waals surface area contributed by atoms with Crippen molar-refractivity contribution >= 4 is 15.7 Å². The highest BCUT2D eigenvalue weighted by atomic mass is 32.2. The van der Waals surface area contributed by atoms with Crippen molar-refractivity contribution < 1.29 is 30.4 Å². The van der Waals surface area contributed by atoms with E-state index >= 15 is 0 Å². The SMILES string of the molecule is C=CCCN(c1ccc(C)cc1)S(=O)(=O)c1c(F)c(F)c(F)c(F)c1F. The standard InChI is InChI=1S/C17H14F5NO2S/c1-3-4-9-23(11-7-5-10(2)6-8-11)26(24,25)17-15(21)13(19)12(18)14(20)16(17)22/h3,5-8H,1,4,9H2,2H3. The van der Waals surface area contributed by atoms with E-state index in [9.17, 15) is 30.4 Å². The predicted molar refractivity (Wildman–Crippen MR) is 86.8 cm³/mol. The van der Waals surface area contributed by atoms with Crippen molar-refractivity contribution in [2.75, 3.05) is 10.8 Å². The van der Waals surface area contributed by atoms with Crippen LogP contribution in [0.1, 0.15) is 12.0 Å². The molecule has 0 aromatic heterocycles. The van der Waals surface area contributed by atoms with Crippen LogP contribution in [0.5, 0.6) is 0 Å². The van der Waals surface area contributed by atoms with Crippen molar-refractivity contribution in [3.05, 3.63) is 71.6 Å². The minimum atomic E-state index is -5.07. The van der Waals surface area contributed by atoms with Gasteiger partial charge in [0.25, 0.3) is 10.0 Å². The van der Waals surface area contributed by atoms with Gasteiger partial charge in [0.05, 0.1) is 5.69 Å². The molecule has 9 heteroatoms. The lowest BCUT2D eigenvalue weighted by Gasteiger charge is -2.25. The summed E-state index contributed by atoms with van der Waals surface area (Å²) in [5, 5.41) is 0. The van der Waals surface area contributed by atoms with E-state index in [1.165, 1.54) is 18.2 Å². The van der Waals surface area contributed by atoms with Gasteiger partial charge in [0, 0.05) is 6.54 Å². The number of sulfonamides is 1. The Morgan fingerprint density at radius 3 is 1.85 bits per heavy atom. The van der Waals surface area contributed by atoms with Crippen LogP contribution in [0.4, 0.5) is 27.6 Å². The van der Waals surface area contributed by atoms with Crippen LogP contribution in [0, 0.1) is 36.0 Å². The highest BCUT2D eigenvalue weighted by molar-refractivity contribution is 7.92. The number of aryl methyl sites for hydroxylation is 1. The molecular formula is C17H14F5NO2S. The molecule has 2 rings (SSSR count). The number of hydrogen-bond acceptors (Lipinski definition) is 2. The van der Waals surface area contributed by atoms with E-state index in [-0.39, 0.29) is 18.7 Å². The summed E-state index contributed by atoms with van der Waals surface area (Å²) < 4.78 is 94.2. The number of anilines is 1. The smallest absolute Gasteiger partial charge is 0.266 e. The third-order valence-corrected chi connectivity index (χ3v) is 5.42. The second-order valence-corrected chi connectivity index (χ2v) is 7.19. The first kappa shape index (κ1) is 19.9. The highest BCUT2D eigenvalue weighted by Crippen LogP contribution is 2.31. The molecule has 0 aliphatic rings. The summed E-state index contributed by atoms with van der Waals surface area (Å²) in [4.78, 5) is -1.89. The quantitative estimate of drug-likeness (QED) is 0.316. The zero-order chi connectivity index (χ0) is 19.6. The van der Waals surface area contributed by atoms with Gasteiger partial charge in [0.2, 0.25) is 5.82 Å². The molecule has 140 valence electrons. The summed E-state index contributed by atoms with van der Waals surface area (Å²) in [6, 6.07) is 5.82. The van der Waals surface area contributed by atoms with Gasteiger partial charge < -0.3 is 0 Å². The zero-order valence-corrected chi connectivity index (χ0v) is 14.4. The lowest BCUT2D eigenvalue weighted by Crippen LogP contribution is -2.34. The number of benzene rings is 2. The molecule has 0 radical (unpaired) electrons. The van der Waals surface area contributed by atoms with E-state index in [0.29, 0.717) is 4.31 Å². The molecule has 26 heavy (non-hydrogen) atoms. The Morgan fingerprint density at radius 1 is 0.923 bits per heavy atom. The molecule has 0 aliphatic heterocycles. The monoisotopic (exact) mass is 391 g/mol. The second-order valence-electron chi connectivity index (χ2n) is 5.39. The molecule has 0 fully saturated rings. The average molecular weight is 391 g/mol. The van der Waals surface area contributed by atoms with Crippen LogP contribution < -0.4 is 4.31 Å². The van der Waals surface area contributed by atoms with Gasteiger partial charge in [0.15, 0.2) is 28.2 Å². The normalized spacial score (nSPS) is 11.5. The van der Waals surface area contributed by atoms with Gasteiger partial charge in [-0.05, 0) is 25.5 Å². The van der Waals surface area contributed by atoms with E-state index in [0.717, 1.165) is 5.56 Å². The molecule has 0 aliphatic carbocycles. The van der Waals surface area contributed by atoms with Crippen LogP contribution in [-0.4, -0.2) is 15.0 Å². The molecule has 0 atom stereocenters. The molecule has 0 bridgehead atoms. The van der Waals surface area contributed by atoms with Gasteiger partial charge in [-0.3, -0.25) is 4.31 Å². The largest absolute Gasteiger partial charge is 0.270 e. The maximum Gasteiger partial charge on any atom is 0.270 e. The fourth-order valence-corrected chi connectivity index (χ4v) is 3.83. The molecule has 0 saturated carbocycles. The predicted octanol–water partition coefficient (Wildman–Crippen LogP) is 4.46. The number of nitrogens with zero attached hydrogens (tertiary/aromatic N) is 1. The van der Waals surface area contributed by atoms with Gasteiger partial charge in [-0.15, -0.1) is 6.58 Å². The summed E-state index contributed by atoms with van der Waals surface area (Å²) in [5.41, 5.74) is 0.799. The van der Waals surface area contributed by atoms with E-state index in [2.05, 4.69) is 6.58 Å². The third kappa shape index (κ3) is 3.44. The lowest BCUT2D eigenvalue weighted by atomic mass is 10.2. The molecule has 2 aromatic carbocycles. The van der Waals surface area contributed by atoms with Crippen molar-refractivity contribution in [2.24, 2.45) is 0 Å². The topological polar surface area (TPSA) is 37.4 Å². The molecule has 0 amide bonds. The summed E-state index contributed by atoms with van der Waals surface area (Å²) >= 11 is 0. The molecule has 0 spiro atoms. The summed E-state index contributed by atoms with van der Waals surface area (Å²) in [6.45, 7) is 4.87. The van der Waals surface area contributed by atoms with E-state index in [4.69, 9.17) is 0 Å². The van der Waals surface area contributed by atoms with Crippen LogP contribution in [-0.2, 0) is 10.0 Å². The minimum Gasteiger partial charge on any atom is -0.266 e. The van der Waals surface area contributed by atoms with Crippen molar-refractivity contribution in [3.63, 3.8) is 0 Å². The first-order chi connectivity index (χ1) is 12.1. The number of rotatable bonds is 6. The Labute approximate surface area is 147 Å². The zero-order valence-electron chi connectivity index (χ0n) is 13.6. The Morgan fingerprint density at radius 2 is 1.38 bits per heavy atom. The maximum absolute atomic E-state index is 14.0. The van der Waals surface area contributed by atoms with E-state index < -0.39 is 44.0 Å². The Balaban J connectivity index is 2.72. The number of halogens is 5. The Bertz CT molecular complexity index is 914. The maximum atomic E-state index is 14.0. The van der Waals surface area contributed by atoms with Crippen LogP contribution in [0.2, 0.25) is 0 Å². The minimum absolute atomic E-state index is 0.0152. The summed E-state index contributed by atoms with van der Waals surface area (Å²) in [5.74, 6) is -11.9. The molecule has 2 aromatic rings. The van der Waals surface area contributed by atoms with Crippen LogP contribution in [0.3, 0.4) is 0 Å². The van der Waals surface area contributed by atoms with E-state index in [1.54, 1.807) is 19.1 Å². The average Bonchev–Trinajstić information content (AvgIpc) is 2.60. The van der Waals surface area contributed by atoms with Gasteiger partial charge in [0.1, 0.15) is 0 Å². The Kier molecular flexibility index (Phi) is 5.70. The molecule has 0 N–H and O–H groups in total. The van der Waals surface area contributed by atoms with Crippen molar-refractivity contribution in [1.82, 2.24) is 0 Å². The molecular weight excluding hydrogens is 377 g/mol. The van der Waals surface area contributed by atoms with Crippen molar-refractivity contribution in [2.45, 2.75) is 18.2 Å². The molecule has 0 saturated heterocycles. The molecule has 0 heterocycles. The molecule has 3 nitrogen and oxygen atoms in total. The highest BCUT2D eigenvalue weighted by Gasteiger charge is 2.37. The number of hydrogen-bond donors (Lipinski definition) is 0. The second kappa shape index (κ2) is 7.45. The fourth-order valence-electron chi connectivity index (χ4n) is 2.23. The van der Waals surface area contributed by atoms with E-state index in [1.807, 2.05) is 0 Å². The van der Waals surface area contributed by atoms with Crippen molar-refractivity contribution in [3.8, 4) is 0 Å². The molecule has 0 unspecified atom stereocenters. The first-order valence-corrected chi connectivity index (χ1v) is 8.78. The third-order valence-electron chi connectivity index (χ3n) is 3.58. The van der Waals surface area contributed by atoms with Crippen LogP contribution >= 0.6 is 0 Å². The summed E-state index contributed by atoms with van der Waals surface area (Å²) in [7, 11) is -5.07. The van der Waals surface area contributed by atoms with Crippen LogP contribution in [0.15, 0.2) is 41.8 Å². The van der Waals surface area contributed by atoms with Gasteiger partial charge in [-0.25, -0.2) is 30.4 Å². The Hall–Kier alpha value is -2.42. The lowest BCUT2D eigenvalue weighted by molar-refractivity contribution is 0.357. The first-order valence-electron chi connectivity index (χ1n) is 7.34.